The van der Waals surface area contributed by atoms with Crippen molar-refractivity contribution >= 4 is 27.7 Å². The van der Waals surface area contributed by atoms with Crippen molar-refractivity contribution in [3.05, 3.63) is 64.6 Å². The normalized spacial score (nSPS) is 12.3. The van der Waals surface area contributed by atoms with Gasteiger partial charge >= 0.3 is 0 Å². The van der Waals surface area contributed by atoms with Crippen LogP contribution in [-0.2, 0) is 0 Å². The Labute approximate surface area is 121 Å². The molecule has 2 rings (SSSR count). The Bertz CT molecular complexity index is 470. The van der Waals surface area contributed by atoms with Gasteiger partial charge in [-0.25, -0.2) is 0 Å². The summed E-state index contributed by atoms with van der Waals surface area (Å²) in [5.74, 6) is 1.43. The molecule has 2 N–H and O–H groups in total. The van der Waals surface area contributed by atoms with Gasteiger partial charge in [0.15, 0.2) is 0 Å². The molecule has 0 radical (unpaired) electrons. The number of rotatable bonds is 5. The largest absolute Gasteiger partial charge is 0.330 e. The van der Waals surface area contributed by atoms with Crippen LogP contribution in [0.25, 0.3) is 0 Å². The Morgan fingerprint density at radius 3 is 2.28 bits per heavy atom. The molecule has 0 bridgehead atoms. The predicted octanol–water partition coefficient (Wildman–Crippen LogP) is 4.28. The second kappa shape index (κ2) is 6.98. The molecular formula is C15H16BrNS. The Kier molecular flexibility index (Phi) is 5.29. The number of benzene rings is 2. The molecule has 0 aliphatic heterocycles. The van der Waals surface area contributed by atoms with E-state index in [-0.39, 0.29) is 0 Å². The van der Waals surface area contributed by atoms with E-state index in [1.54, 1.807) is 0 Å². The lowest BCUT2D eigenvalue weighted by molar-refractivity contribution is 0.785. The molecule has 2 aromatic rings. The van der Waals surface area contributed by atoms with Gasteiger partial charge in [-0.3, -0.25) is 0 Å². The highest BCUT2D eigenvalue weighted by Gasteiger charge is 2.09. The minimum atomic E-state index is 0.417. The first kappa shape index (κ1) is 13.7. The van der Waals surface area contributed by atoms with Gasteiger partial charge in [0.25, 0.3) is 0 Å². The molecule has 2 aromatic carbocycles. The van der Waals surface area contributed by atoms with E-state index in [9.17, 15) is 0 Å². The predicted molar refractivity (Wildman–Crippen MR) is 83.1 cm³/mol. The van der Waals surface area contributed by atoms with Crippen LogP contribution in [0, 0.1) is 0 Å². The smallest absolute Gasteiger partial charge is 0.0176 e. The van der Waals surface area contributed by atoms with Gasteiger partial charge in [-0.05, 0) is 36.4 Å². The summed E-state index contributed by atoms with van der Waals surface area (Å²) < 4.78 is 1.12. The number of thioether (sulfide) groups is 1. The van der Waals surface area contributed by atoms with Gasteiger partial charge in [-0.15, -0.1) is 11.8 Å². The summed E-state index contributed by atoms with van der Waals surface area (Å²) >= 11 is 5.30. The van der Waals surface area contributed by atoms with Crippen molar-refractivity contribution in [3.8, 4) is 0 Å². The Morgan fingerprint density at radius 1 is 1.00 bits per heavy atom. The third-order valence-corrected chi connectivity index (χ3v) is 4.52. The van der Waals surface area contributed by atoms with E-state index in [1.165, 1.54) is 10.5 Å². The molecule has 0 aliphatic carbocycles. The van der Waals surface area contributed by atoms with E-state index in [0.717, 1.165) is 10.2 Å². The maximum absolute atomic E-state index is 5.87. The second-order valence-corrected chi connectivity index (χ2v) is 6.12. The zero-order chi connectivity index (χ0) is 12.8. The van der Waals surface area contributed by atoms with Crippen LogP contribution in [0.4, 0.5) is 0 Å². The fourth-order valence-electron chi connectivity index (χ4n) is 1.75. The summed E-state index contributed by atoms with van der Waals surface area (Å²) in [7, 11) is 0. The molecular weight excluding hydrogens is 306 g/mol. The highest BCUT2D eigenvalue weighted by molar-refractivity contribution is 9.10. The van der Waals surface area contributed by atoms with Gasteiger partial charge in [0.1, 0.15) is 0 Å². The lowest BCUT2D eigenvalue weighted by Crippen LogP contribution is -2.14. The standard InChI is InChI=1S/C15H16BrNS/c16-14-6-8-15(9-7-14)18-11-13(10-17)12-4-2-1-3-5-12/h1-9,13H,10-11,17H2. The number of hydrogen-bond acceptors (Lipinski definition) is 2. The van der Waals surface area contributed by atoms with Crippen LogP contribution < -0.4 is 5.73 Å². The van der Waals surface area contributed by atoms with Gasteiger partial charge in [0, 0.05) is 21.0 Å². The van der Waals surface area contributed by atoms with E-state index in [4.69, 9.17) is 5.73 Å². The third kappa shape index (κ3) is 3.87. The van der Waals surface area contributed by atoms with Crippen molar-refractivity contribution in [1.82, 2.24) is 0 Å². The fourth-order valence-corrected chi connectivity index (χ4v) is 3.07. The summed E-state index contributed by atoms with van der Waals surface area (Å²) in [6, 6.07) is 18.9. The monoisotopic (exact) mass is 321 g/mol. The molecule has 1 unspecified atom stereocenters. The van der Waals surface area contributed by atoms with Crippen molar-refractivity contribution in [2.45, 2.75) is 10.8 Å². The van der Waals surface area contributed by atoms with Crippen LogP contribution in [0.2, 0.25) is 0 Å². The van der Waals surface area contributed by atoms with Gasteiger partial charge < -0.3 is 5.73 Å². The van der Waals surface area contributed by atoms with Crippen LogP contribution in [0.1, 0.15) is 11.5 Å². The molecule has 1 atom stereocenters. The quantitative estimate of drug-likeness (QED) is 0.831. The first-order chi connectivity index (χ1) is 8.79. The van der Waals surface area contributed by atoms with E-state index in [0.29, 0.717) is 12.5 Å². The molecule has 0 saturated heterocycles. The van der Waals surface area contributed by atoms with Crippen molar-refractivity contribution < 1.29 is 0 Å². The molecule has 0 fully saturated rings. The molecule has 0 aromatic heterocycles. The van der Waals surface area contributed by atoms with Gasteiger partial charge in [0.2, 0.25) is 0 Å². The maximum Gasteiger partial charge on any atom is 0.0176 e. The van der Waals surface area contributed by atoms with Crippen molar-refractivity contribution in [1.29, 1.82) is 0 Å². The Morgan fingerprint density at radius 2 is 1.67 bits per heavy atom. The highest BCUT2D eigenvalue weighted by Crippen LogP contribution is 2.26. The van der Waals surface area contributed by atoms with Crippen LogP contribution >= 0.6 is 27.7 Å². The van der Waals surface area contributed by atoms with Crippen molar-refractivity contribution in [2.24, 2.45) is 5.73 Å². The van der Waals surface area contributed by atoms with Crippen molar-refractivity contribution in [3.63, 3.8) is 0 Å². The molecule has 3 heteroatoms. The van der Waals surface area contributed by atoms with E-state index >= 15 is 0 Å². The van der Waals surface area contributed by atoms with Gasteiger partial charge in [0.05, 0.1) is 0 Å². The van der Waals surface area contributed by atoms with E-state index in [1.807, 2.05) is 17.8 Å². The molecule has 94 valence electrons. The second-order valence-electron chi connectivity index (χ2n) is 4.11. The zero-order valence-corrected chi connectivity index (χ0v) is 12.5. The summed E-state index contributed by atoms with van der Waals surface area (Å²) in [5.41, 5.74) is 7.20. The van der Waals surface area contributed by atoms with Crippen molar-refractivity contribution in [2.75, 3.05) is 12.3 Å². The summed E-state index contributed by atoms with van der Waals surface area (Å²) in [6.45, 7) is 0.688. The van der Waals surface area contributed by atoms with Crippen LogP contribution in [0.5, 0.6) is 0 Å². The average Bonchev–Trinajstić information content (AvgIpc) is 2.43. The third-order valence-electron chi connectivity index (χ3n) is 2.82. The fraction of sp³-hybridized carbons (Fsp3) is 0.200. The zero-order valence-electron chi connectivity index (χ0n) is 10.1. The van der Waals surface area contributed by atoms with Crippen LogP contribution in [0.3, 0.4) is 0 Å². The molecule has 0 aliphatic rings. The van der Waals surface area contributed by atoms with Crippen LogP contribution in [0.15, 0.2) is 64.0 Å². The SMILES string of the molecule is NCC(CSc1ccc(Br)cc1)c1ccccc1. The molecule has 0 heterocycles. The summed E-state index contributed by atoms with van der Waals surface area (Å²) in [5, 5.41) is 0. The Balaban J connectivity index is 1.97. The number of halogens is 1. The van der Waals surface area contributed by atoms with Gasteiger partial charge in [-0.1, -0.05) is 46.3 Å². The molecule has 1 nitrogen and oxygen atoms in total. The minimum absolute atomic E-state index is 0.417. The highest BCUT2D eigenvalue weighted by atomic mass is 79.9. The van der Waals surface area contributed by atoms with Crippen LogP contribution in [-0.4, -0.2) is 12.3 Å². The lowest BCUT2D eigenvalue weighted by Gasteiger charge is -2.14. The van der Waals surface area contributed by atoms with Gasteiger partial charge in [-0.2, -0.15) is 0 Å². The first-order valence-corrected chi connectivity index (χ1v) is 7.71. The molecule has 0 spiro atoms. The topological polar surface area (TPSA) is 26.0 Å². The van der Waals surface area contributed by atoms with E-state index < -0.39 is 0 Å². The molecule has 18 heavy (non-hydrogen) atoms. The number of nitrogens with two attached hydrogens (primary N) is 1. The molecule has 0 saturated carbocycles. The summed E-state index contributed by atoms with van der Waals surface area (Å²) in [4.78, 5) is 1.28. The summed E-state index contributed by atoms with van der Waals surface area (Å²) in [6.07, 6.45) is 0. The Hall–Kier alpha value is -0.770. The lowest BCUT2D eigenvalue weighted by atomic mass is 10.0. The van der Waals surface area contributed by atoms with E-state index in [2.05, 4.69) is 64.5 Å². The maximum atomic E-state index is 5.87. The first-order valence-electron chi connectivity index (χ1n) is 5.93. The minimum Gasteiger partial charge on any atom is -0.330 e. The number of hydrogen-bond donors (Lipinski definition) is 1. The molecule has 0 amide bonds. The average molecular weight is 322 g/mol.